The van der Waals surface area contributed by atoms with Gasteiger partial charge in [0.05, 0.1) is 19.3 Å². The molecule has 12 unspecified atom stereocenters. The molecule has 5 aromatic rings. The van der Waals surface area contributed by atoms with E-state index in [-0.39, 0.29) is 36.5 Å². The van der Waals surface area contributed by atoms with Crippen molar-refractivity contribution in [3.05, 3.63) is 118 Å². The molecule has 5 aliphatic rings. The van der Waals surface area contributed by atoms with E-state index in [0.717, 1.165) is 84.3 Å². The first-order valence-corrected chi connectivity index (χ1v) is 44.3. The van der Waals surface area contributed by atoms with Gasteiger partial charge in [-0.1, -0.05) is 132 Å². The Hall–Kier alpha value is -6.22. The van der Waals surface area contributed by atoms with Crippen LogP contribution in [0, 0.1) is 30.6 Å². The maximum absolute atomic E-state index is 9.87. The second-order valence-electron chi connectivity index (χ2n) is 32.0. The summed E-state index contributed by atoms with van der Waals surface area (Å²) in [7, 11) is 1.71. The summed E-state index contributed by atoms with van der Waals surface area (Å²) in [6.45, 7) is 53.4. The van der Waals surface area contributed by atoms with Crippen LogP contribution in [0.2, 0.25) is 0 Å². The molecule has 10 rings (SSSR count). The Labute approximate surface area is 696 Å². The Morgan fingerprint density at radius 3 is 1.11 bits per heavy atom. The number of aryl methyl sites for hydroxylation is 1. The summed E-state index contributed by atoms with van der Waals surface area (Å²) in [4.78, 5) is 0. The Morgan fingerprint density at radius 2 is 0.696 bits per heavy atom. The first kappa shape index (κ1) is 99.3. The summed E-state index contributed by atoms with van der Waals surface area (Å²) in [6.07, 6.45) is 19.2. The highest BCUT2D eigenvalue weighted by Crippen LogP contribution is 2.57. The summed E-state index contributed by atoms with van der Waals surface area (Å²) in [5, 5.41) is 9.87. The summed E-state index contributed by atoms with van der Waals surface area (Å²) < 4.78 is 98.0. The number of phenols is 1. The van der Waals surface area contributed by atoms with Gasteiger partial charge in [0.15, 0.2) is 96.8 Å². The van der Waals surface area contributed by atoms with E-state index in [0.29, 0.717) is 111 Å². The van der Waals surface area contributed by atoms with Gasteiger partial charge < -0.3 is 85.6 Å². The van der Waals surface area contributed by atoms with E-state index in [4.69, 9.17) is 80.5 Å². The van der Waals surface area contributed by atoms with Crippen molar-refractivity contribution in [2.75, 3.05) is 60.2 Å². The molecule has 115 heavy (non-hydrogen) atoms. The number of aromatic hydroxyl groups is 1. The highest BCUT2D eigenvalue weighted by molar-refractivity contribution is 5.55. The lowest BCUT2D eigenvalue weighted by Crippen LogP contribution is -2.52. The fourth-order valence-electron chi connectivity index (χ4n) is 15.7. The SMILES string of the molecule is CCC(C)c1ccc(OC(C)OCCC2CCCCC2)c(C)c1.CCC(C)c1ccc(OCOC23CC4CC(CC(C4)C2)C3)c(OC)c1.CCOC(C)Oc1cc(C(C)CC)cc(OC(C)OCC)c1OC(C)OCC.CCOC(C)Oc1ccc(C(C)CC)cc1O.CCOC(C)Oc1ccc(C(C)CC)cc1OC(C)OCC. The molecule has 0 amide bonds. The minimum absolute atomic E-state index is 0.0959. The summed E-state index contributed by atoms with van der Waals surface area (Å²) in [5.41, 5.74) is 7.45. The lowest BCUT2D eigenvalue weighted by molar-refractivity contribution is -0.190. The first-order valence-electron chi connectivity index (χ1n) is 44.3. The average Bonchev–Trinajstić information content (AvgIpc) is 0.752. The summed E-state index contributed by atoms with van der Waals surface area (Å²) in [5.74, 6) is 12.2. The monoisotopic (exact) mass is 1610 g/mol. The van der Waals surface area contributed by atoms with Crippen molar-refractivity contribution in [2.45, 2.75) is 355 Å². The van der Waals surface area contributed by atoms with Gasteiger partial charge in [-0.05, 0) is 315 Å². The van der Waals surface area contributed by atoms with Crippen molar-refractivity contribution < 1.29 is 85.6 Å². The van der Waals surface area contributed by atoms with Crippen LogP contribution in [0.15, 0.2) is 84.9 Å². The molecule has 5 aliphatic carbocycles. The molecule has 0 spiro atoms. The zero-order chi connectivity index (χ0) is 84.6. The molecule has 1 N–H and O–H groups in total. The van der Waals surface area contributed by atoms with E-state index in [1.165, 1.54) is 106 Å². The zero-order valence-electron chi connectivity index (χ0n) is 75.9. The fraction of sp³-hybridized carbons (Fsp3) is 0.691. The van der Waals surface area contributed by atoms with Crippen molar-refractivity contribution in [1.29, 1.82) is 0 Å². The van der Waals surface area contributed by atoms with Crippen LogP contribution in [0.4, 0.5) is 0 Å². The van der Waals surface area contributed by atoms with Crippen LogP contribution < -0.4 is 42.6 Å². The highest BCUT2D eigenvalue weighted by Gasteiger charge is 2.52. The van der Waals surface area contributed by atoms with E-state index in [2.05, 4.69) is 113 Å². The van der Waals surface area contributed by atoms with Crippen molar-refractivity contribution >= 4 is 0 Å². The largest absolute Gasteiger partial charge is 0.504 e. The van der Waals surface area contributed by atoms with Gasteiger partial charge in [-0.3, -0.25) is 0 Å². The molecule has 4 bridgehead atoms. The van der Waals surface area contributed by atoms with Crippen molar-refractivity contribution in [3.8, 4) is 57.5 Å². The molecule has 0 aromatic heterocycles. The van der Waals surface area contributed by atoms with Crippen LogP contribution in [0.3, 0.4) is 0 Å². The molecule has 18 nitrogen and oxygen atoms in total. The number of phenolic OH excluding ortho intramolecular Hbond substituents is 1. The quantitative estimate of drug-likeness (QED) is 0.0364. The third kappa shape index (κ3) is 34.2. The number of hydrogen-bond acceptors (Lipinski definition) is 18. The van der Waals surface area contributed by atoms with Crippen LogP contribution in [0.1, 0.15) is 331 Å². The van der Waals surface area contributed by atoms with Crippen LogP contribution in [0.5, 0.6) is 57.5 Å². The Kier molecular flexibility index (Phi) is 46.1. The summed E-state index contributed by atoms with van der Waals surface area (Å²) >= 11 is 0. The van der Waals surface area contributed by atoms with Gasteiger partial charge >= 0.3 is 0 Å². The van der Waals surface area contributed by atoms with E-state index in [9.17, 15) is 5.11 Å². The molecule has 0 aliphatic heterocycles. The van der Waals surface area contributed by atoms with Crippen molar-refractivity contribution in [3.63, 3.8) is 0 Å². The Morgan fingerprint density at radius 1 is 0.357 bits per heavy atom. The summed E-state index contributed by atoms with van der Waals surface area (Å²) in [6, 6.07) is 28.4. The van der Waals surface area contributed by atoms with Crippen molar-refractivity contribution in [2.24, 2.45) is 23.7 Å². The van der Waals surface area contributed by atoms with Gasteiger partial charge in [-0.15, -0.1) is 0 Å². The van der Waals surface area contributed by atoms with Crippen LogP contribution in [-0.2, 0) is 37.9 Å². The van der Waals surface area contributed by atoms with E-state index >= 15 is 0 Å². The van der Waals surface area contributed by atoms with Crippen LogP contribution >= 0.6 is 0 Å². The van der Waals surface area contributed by atoms with Gasteiger partial charge in [0, 0.05) is 39.6 Å². The van der Waals surface area contributed by atoms with Crippen LogP contribution in [0.25, 0.3) is 0 Å². The molecular weight excluding hydrogens is 1450 g/mol. The number of hydrogen-bond donors (Lipinski definition) is 1. The first-order chi connectivity index (χ1) is 55.1. The standard InChI is InChI=1S/C22H38O6.C22H32O3.C21H34O2.C18H30O4.C14H22O3/c1-9-15(5)19-13-20(26-16(6)23-10-2)22(28-18(8)25-12-4)21(14-19)27-17(7)24-11-3;1-4-15(2)19-5-6-20(21(10-19)23-3)24-14-25-22-11-16-7-17(12-22)9-18(8-16)13-22;1-5-16(2)20-11-12-21(17(3)15-20)23-18(4)22-14-13-19-9-7-6-8-10-19;1-7-13(4)16-10-11-17(21-14(5)19-8-2)18(12-16)22-15(6)20-9-3;1-5-10(3)12-7-8-14(13(15)9-12)17-11(4)16-6-2/h13-18H,9-12H2,1-8H3;5-6,10,15-18H,4,7-9,11-14H2,1-3H3;11-12,15-16,18-19H,5-10,13-14H2,1-4H3;10-15H,7-9H2,1-6H3;7-11,15H,5-6H2,1-4H3. The molecule has 12 atom stereocenters. The molecule has 5 fully saturated rings. The smallest absolute Gasteiger partial charge is 0.206 e. The van der Waals surface area contributed by atoms with Gasteiger partial charge in [0.2, 0.25) is 5.75 Å². The normalized spacial score (nSPS) is 20.0. The maximum Gasteiger partial charge on any atom is 0.206 e. The van der Waals surface area contributed by atoms with E-state index in [1.54, 1.807) is 19.2 Å². The number of methoxy groups -OCH3 is 1. The fourth-order valence-corrected chi connectivity index (χ4v) is 15.7. The van der Waals surface area contributed by atoms with Gasteiger partial charge in [-0.2, -0.15) is 0 Å². The molecule has 5 aromatic carbocycles. The molecule has 18 heteroatoms. The second kappa shape index (κ2) is 53.3. The predicted molar refractivity (Wildman–Crippen MR) is 464 cm³/mol. The second-order valence-corrected chi connectivity index (χ2v) is 32.0. The number of ether oxygens (including phenoxy) is 17. The molecular formula is C97H156O18. The third-order valence-corrected chi connectivity index (χ3v) is 22.9. The van der Waals surface area contributed by atoms with Crippen molar-refractivity contribution in [1.82, 2.24) is 0 Å². The molecule has 0 saturated heterocycles. The van der Waals surface area contributed by atoms with Gasteiger partial charge in [0.1, 0.15) is 5.75 Å². The number of benzene rings is 5. The third-order valence-electron chi connectivity index (χ3n) is 22.9. The van der Waals surface area contributed by atoms with Gasteiger partial charge in [-0.25, -0.2) is 0 Å². The van der Waals surface area contributed by atoms with Crippen LogP contribution in [-0.4, -0.2) is 115 Å². The molecule has 0 radical (unpaired) electrons. The minimum Gasteiger partial charge on any atom is -0.504 e. The lowest BCUT2D eigenvalue weighted by Gasteiger charge is -2.56. The Bertz CT molecular complexity index is 3370. The van der Waals surface area contributed by atoms with Gasteiger partial charge in [0.25, 0.3) is 0 Å². The average molecular weight is 1610 g/mol. The van der Waals surface area contributed by atoms with E-state index in [1.807, 2.05) is 126 Å². The molecule has 652 valence electrons. The minimum atomic E-state index is -0.450. The zero-order valence-corrected chi connectivity index (χ0v) is 75.9. The Balaban J connectivity index is 0.000000259. The maximum atomic E-state index is 9.87. The predicted octanol–water partition coefficient (Wildman–Crippen LogP) is 25.6. The molecule has 0 heterocycles. The highest BCUT2D eigenvalue weighted by atomic mass is 16.7. The topological polar surface area (TPSA) is 177 Å². The molecule has 5 saturated carbocycles. The van der Waals surface area contributed by atoms with E-state index < -0.39 is 18.9 Å². The lowest BCUT2D eigenvalue weighted by atomic mass is 9.54. The number of rotatable bonds is 45.